The normalized spacial score (nSPS) is 14.6. The number of allylic oxidation sites excluding steroid dienone is 14. The van der Waals surface area contributed by atoms with Crippen molar-refractivity contribution in [3.05, 3.63) is 85.1 Å². The SMILES string of the molecule is CCCCC/C=C\C/C=C\C/C=C\C=C\C(=O)CCCC(=O)OC[C@H](COP(=O)(O)OC[C@@H](O)CO)OC(=O)CCCCCC/C=C\C/C=C\C/C=C\CCCCC. The summed E-state index contributed by atoms with van der Waals surface area (Å²) in [4.78, 5) is 47.2. The topological polar surface area (TPSA) is 166 Å². The van der Waals surface area contributed by atoms with Gasteiger partial charge in [0.15, 0.2) is 11.9 Å². The number of carbonyl (C=O) groups is 3. The minimum atomic E-state index is -4.68. The predicted octanol–water partition coefficient (Wildman–Crippen LogP) is 10.6. The molecule has 3 atom stereocenters. The Balaban J connectivity index is 4.56. The number of ketones is 1. The molecule has 3 N–H and O–H groups in total. The number of phosphoric ester groups is 1. The van der Waals surface area contributed by atoms with Crippen LogP contribution in [-0.4, -0.2) is 71.5 Å². The Kier molecular flexibility index (Phi) is 38.4. The van der Waals surface area contributed by atoms with Crippen molar-refractivity contribution >= 4 is 25.5 Å². The molecule has 0 fully saturated rings. The highest BCUT2D eigenvalue weighted by Gasteiger charge is 2.27. The smallest absolute Gasteiger partial charge is 0.462 e. The Bertz CT molecular complexity index is 1300. The average molecular weight is 835 g/mol. The summed E-state index contributed by atoms with van der Waals surface area (Å²) in [5.74, 6) is -1.35. The second kappa shape index (κ2) is 40.6. The molecule has 0 saturated heterocycles. The lowest BCUT2D eigenvalue weighted by Crippen LogP contribution is -2.29. The second-order valence-corrected chi connectivity index (χ2v) is 15.5. The van der Waals surface area contributed by atoms with Crippen LogP contribution in [0.4, 0.5) is 0 Å². The Morgan fingerprint density at radius 2 is 1.07 bits per heavy atom. The van der Waals surface area contributed by atoms with Gasteiger partial charge in [0.25, 0.3) is 0 Å². The molecule has 0 amide bonds. The first-order valence-corrected chi connectivity index (χ1v) is 23.0. The molecule has 0 aromatic carbocycles. The van der Waals surface area contributed by atoms with E-state index in [1.807, 2.05) is 6.08 Å². The predicted molar refractivity (Wildman–Crippen MR) is 233 cm³/mol. The largest absolute Gasteiger partial charge is 0.472 e. The van der Waals surface area contributed by atoms with E-state index in [2.05, 4.69) is 79.1 Å². The van der Waals surface area contributed by atoms with E-state index in [-0.39, 0.29) is 31.5 Å². The molecule has 0 saturated carbocycles. The second-order valence-electron chi connectivity index (χ2n) is 14.0. The number of hydrogen-bond acceptors (Lipinski definition) is 10. The van der Waals surface area contributed by atoms with Crippen molar-refractivity contribution in [2.45, 2.75) is 161 Å². The summed E-state index contributed by atoms with van der Waals surface area (Å²) in [5.41, 5.74) is 0. The summed E-state index contributed by atoms with van der Waals surface area (Å²) in [7, 11) is -4.68. The van der Waals surface area contributed by atoms with Crippen molar-refractivity contribution < 1.29 is 52.6 Å². The van der Waals surface area contributed by atoms with Crippen molar-refractivity contribution in [3.8, 4) is 0 Å². The van der Waals surface area contributed by atoms with Gasteiger partial charge >= 0.3 is 19.8 Å². The highest BCUT2D eigenvalue weighted by molar-refractivity contribution is 7.47. The van der Waals surface area contributed by atoms with Gasteiger partial charge in [0.2, 0.25) is 0 Å². The number of rotatable bonds is 39. The van der Waals surface area contributed by atoms with Crippen LogP contribution in [0.3, 0.4) is 0 Å². The minimum Gasteiger partial charge on any atom is -0.462 e. The third-order valence-corrected chi connectivity index (χ3v) is 9.45. The molecule has 0 aliphatic rings. The van der Waals surface area contributed by atoms with Crippen LogP contribution in [0.2, 0.25) is 0 Å². The molecule has 0 spiro atoms. The molecule has 1 unspecified atom stereocenters. The summed E-state index contributed by atoms with van der Waals surface area (Å²) in [6.45, 7) is 2.00. The van der Waals surface area contributed by atoms with Crippen molar-refractivity contribution in [3.63, 3.8) is 0 Å². The van der Waals surface area contributed by atoms with Crippen LogP contribution in [-0.2, 0) is 37.5 Å². The van der Waals surface area contributed by atoms with Crippen molar-refractivity contribution in [2.24, 2.45) is 0 Å². The molecule has 58 heavy (non-hydrogen) atoms. The van der Waals surface area contributed by atoms with Gasteiger partial charge in [0.05, 0.1) is 19.8 Å². The minimum absolute atomic E-state index is 0.0574. The van der Waals surface area contributed by atoms with E-state index in [9.17, 15) is 28.9 Å². The van der Waals surface area contributed by atoms with Crippen molar-refractivity contribution in [1.82, 2.24) is 0 Å². The average Bonchev–Trinajstić information content (AvgIpc) is 3.20. The molecule has 330 valence electrons. The number of aliphatic hydroxyl groups is 2. The maximum absolute atomic E-state index is 12.6. The molecule has 11 nitrogen and oxygen atoms in total. The highest BCUT2D eigenvalue weighted by atomic mass is 31.2. The standard InChI is InChI=1S/C46H75O11P/c1-3-5-7-9-11-13-15-17-18-19-20-22-24-26-28-30-32-36-46(51)57-44(41-56-58(52,53)55-39-43(49)38-47)40-54-45(50)37-33-35-42(48)34-31-29-27-25-23-21-16-14-12-10-8-6-4-2/h11-14,17-18,20-23,27,29,31,34,43-44,47,49H,3-10,15-16,19,24-26,28,30,32-33,35-41H2,1-2H3,(H,52,53)/b13-11-,14-12-,18-17-,22-20-,23-21-,29-27-,34-31+/t43-,44+/m0/s1. The van der Waals surface area contributed by atoms with Crippen molar-refractivity contribution in [2.75, 3.05) is 26.4 Å². The molecule has 0 aliphatic carbocycles. The van der Waals surface area contributed by atoms with Gasteiger partial charge in [0.1, 0.15) is 12.7 Å². The summed E-state index contributed by atoms with van der Waals surface area (Å²) >= 11 is 0. The monoisotopic (exact) mass is 835 g/mol. The van der Waals surface area contributed by atoms with E-state index in [0.29, 0.717) is 6.42 Å². The lowest BCUT2D eigenvalue weighted by Gasteiger charge is -2.20. The zero-order valence-electron chi connectivity index (χ0n) is 35.5. The van der Waals surface area contributed by atoms with Gasteiger partial charge in [-0.1, -0.05) is 131 Å². The lowest BCUT2D eigenvalue weighted by atomic mass is 10.1. The Morgan fingerprint density at radius 3 is 1.64 bits per heavy atom. The number of phosphoric acid groups is 1. The first kappa shape index (κ1) is 54.8. The molecular weight excluding hydrogens is 759 g/mol. The molecular formula is C46H75O11P. The van der Waals surface area contributed by atoms with Gasteiger partial charge in [-0.15, -0.1) is 0 Å². The first-order chi connectivity index (χ1) is 28.1. The van der Waals surface area contributed by atoms with Gasteiger partial charge in [0, 0.05) is 19.3 Å². The molecule has 0 heterocycles. The van der Waals surface area contributed by atoms with Gasteiger partial charge in [-0.2, -0.15) is 0 Å². The van der Waals surface area contributed by atoms with E-state index in [1.54, 1.807) is 12.2 Å². The maximum Gasteiger partial charge on any atom is 0.472 e. The molecule has 12 heteroatoms. The third-order valence-electron chi connectivity index (χ3n) is 8.50. The van der Waals surface area contributed by atoms with Gasteiger partial charge in [-0.05, 0) is 83.1 Å². The Morgan fingerprint density at radius 1 is 0.569 bits per heavy atom. The van der Waals surface area contributed by atoms with E-state index in [1.165, 1.54) is 44.6 Å². The fourth-order valence-corrected chi connectivity index (χ4v) is 5.92. The lowest BCUT2D eigenvalue weighted by molar-refractivity contribution is -0.161. The quantitative estimate of drug-likeness (QED) is 0.0135. The number of esters is 2. The fraction of sp³-hybridized carbons (Fsp3) is 0.630. The van der Waals surface area contributed by atoms with E-state index in [4.69, 9.17) is 19.1 Å². The molecule has 0 radical (unpaired) electrons. The van der Waals surface area contributed by atoms with Crippen LogP contribution >= 0.6 is 7.82 Å². The van der Waals surface area contributed by atoms with Crippen molar-refractivity contribution in [1.29, 1.82) is 0 Å². The molecule has 0 aromatic heterocycles. The van der Waals surface area contributed by atoms with Gasteiger partial charge < -0.3 is 24.6 Å². The summed E-state index contributed by atoms with van der Waals surface area (Å²) in [5, 5.41) is 18.3. The van der Waals surface area contributed by atoms with Gasteiger partial charge in [-0.25, -0.2) is 4.57 Å². The highest BCUT2D eigenvalue weighted by Crippen LogP contribution is 2.43. The zero-order chi connectivity index (χ0) is 42.8. The number of hydrogen-bond donors (Lipinski definition) is 3. The van der Waals surface area contributed by atoms with E-state index < -0.39 is 58.4 Å². The van der Waals surface area contributed by atoms with E-state index in [0.717, 1.165) is 64.2 Å². The first-order valence-electron chi connectivity index (χ1n) is 21.5. The van der Waals surface area contributed by atoms with Crippen LogP contribution in [0.5, 0.6) is 0 Å². The maximum atomic E-state index is 12.6. The van der Waals surface area contributed by atoms with Gasteiger partial charge in [-0.3, -0.25) is 23.4 Å². The van der Waals surface area contributed by atoms with Crippen LogP contribution in [0.25, 0.3) is 0 Å². The van der Waals surface area contributed by atoms with E-state index >= 15 is 0 Å². The summed E-state index contributed by atoms with van der Waals surface area (Å²) in [6.07, 6.45) is 44.1. The Labute approximate surface area is 349 Å². The Hall–Kier alpha value is -3.18. The molecule has 0 rings (SSSR count). The van der Waals surface area contributed by atoms with Crippen LogP contribution < -0.4 is 0 Å². The third kappa shape index (κ3) is 39.6. The number of carbonyl (C=O) groups excluding carboxylic acids is 3. The number of ether oxygens (including phenoxy) is 2. The summed E-state index contributed by atoms with van der Waals surface area (Å²) in [6, 6.07) is 0. The van der Waals surface area contributed by atoms with Crippen LogP contribution in [0, 0.1) is 0 Å². The number of aliphatic hydroxyl groups excluding tert-OH is 2. The van der Waals surface area contributed by atoms with Crippen LogP contribution in [0.1, 0.15) is 149 Å². The molecule has 0 bridgehead atoms. The molecule has 0 aliphatic heterocycles. The molecule has 0 aromatic rings. The zero-order valence-corrected chi connectivity index (χ0v) is 36.4. The van der Waals surface area contributed by atoms with Crippen LogP contribution in [0.15, 0.2) is 85.1 Å². The summed E-state index contributed by atoms with van der Waals surface area (Å²) < 4.78 is 32.5. The number of unbranched alkanes of at least 4 members (excludes halogenated alkanes) is 10. The fourth-order valence-electron chi connectivity index (χ4n) is 5.13.